The van der Waals surface area contributed by atoms with Gasteiger partial charge in [-0.2, -0.15) is 0 Å². The minimum atomic E-state index is -1.70. The van der Waals surface area contributed by atoms with Crippen LogP contribution in [-0.4, -0.2) is 19.2 Å². The van der Waals surface area contributed by atoms with Gasteiger partial charge in [0.05, 0.1) is 13.3 Å². The molecule has 0 saturated heterocycles. The highest BCUT2D eigenvalue weighted by Crippen LogP contribution is 2.55. The van der Waals surface area contributed by atoms with E-state index in [1.54, 1.807) is 0 Å². The van der Waals surface area contributed by atoms with Crippen LogP contribution in [0.4, 0.5) is 0 Å². The maximum Gasteiger partial charge on any atom is 0.305 e. The predicted molar refractivity (Wildman–Crippen MR) is 130 cm³/mol. The van der Waals surface area contributed by atoms with E-state index in [1.165, 1.54) is 42.0 Å². The van der Waals surface area contributed by atoms with Crippen LogP contribution < -0.4 is 15.9 Å². The van der Waals surface area contributed by atoms with Crippen molar-refractivity contribution in [3.63, 3.8) is 0 Å². The minimum Gasteiger partial charge on any atom is -0.469 e. The fourth-order valence-electron chi connectivity index (χ4n) is 4.13. The Kier molecular flexibility index (Phi) is 8.66. The Bertz CT molecular complexity index is 782. The first-order valence-electron chi connectivity index (χ1n) is 10.9. The van der Waals surface area contributed by atoms with Crippen LogP contribution in [0.2, 0.25) is 0 Å². The van der Waals surface area contributed by atoms with Crippen molar-refractivity contribution in [2.45, 2.75) is 38.5 Å². The van der Waals surface area contributed by atoms with Crippen LogP contribution in [0.5, 0.6) is 0 Å². The van der Waals surface area contributed by atoms with Crippen LogP contribution in [0.25, 0.3) is 0 Å². The lowest BCUT2D eigenvalue weighted by molar-refractivity contribution is -0.140. The number of hydrogen-bond acceptors (Lipinski definition) is 2. The molecular weight excluding hydrogens is 387 g/mol. The van der Waals surface area contributed by atoms with Gasteiger partial charge in [0.15, 0.2) is 0 Å². The number of rotatable bonds is 11. The first-order valence-corrected chi connectivity index (χ1v) is 12.9. The van der Waals surface area contributed by atoms with Gasteiger partial charge in [-0.25, -0.2) is 0 Å². The maximum atomic E-state index is 11.3. The first-order chi connectivity index (χ1) is 14.8. The molecule has 0 aromatic heterocycles. The molecule has 0 fully saturated rings. The van der Waals surface area contributed by atoms with E-state index in [4.69, 9.17) is 4.74 Å². The van der Waals surface area contributed by atoms with Gasteiger partial charge in [0.1, 0.15) is 23.2 Å². The van der Waals surface area contributed by atoms with Gasteiger partial charge in [-0.3, -0.25) is 4.79 Å². The van der Waals surface area contributed by atoms with Crippen molar-refractivity contribution in [2.75, 3.05) is 13.3 Å². The normalized spacial score (nSPS) is 11.2. The van der Waals surface area contributed by atoms with Crippen LogP contribution in [0.1, 0.15) is 38.5 Å². The number of esters is 1. The third-order valence-corrected chi connectivity index (χ3v) is 10.2. The van der Waals surface area contributed by atoms with Crippen molar-refractivity contribution >= 4 is 29.1 Å². The highest BCUT2D eigenvalue weighted by molar-refractivity contribution is 7.95. The Hall–Kier alpha value is -2.44. The molecule has 0 unspecified atom stereocenters. The third-order valence-electron chi connectivity index (χ3n) is 5.69. The molecule has 0 bridgehead atoms. The highest BCUT2D eigenvalue weighted by atomic mass is 31.2. The van der Waals surface area contributed by atoms with Gasteiger partial charge in [0, 0.05) is 6.42 Å². The van der Waals surface area contributed by atoms with E-state index in [2.05, 4.69) is 91.0 Å². The largest absolute Gasteiger partial charge is 0.469 e. The summed E-state index contributed by atoms with van der Waals surface area (Å²) in [5.74, 6) is -0.0998. The van der Waals surface area contributed by atoms with Gasteiger partial charge in [-0.15, -0.1) is 0 Å². The van der Waals surface area contributed by atoms with E-state index >= 15 is 0 Å². The lowest BCUT2D eigenvalue weighted by Crippen LogP contribution is -2.33. The molecule has 3 heteroatoms. The van der Waals surface area contributed by atoms with Crippen LogP contribution in [0.15, 0.2) is 91.0 Å². The second kappa shape index (κ2) is 11.7. The van der Waals surface area contributed by atoms with E-state index in [0.717, 1.165) is 19.3 Å². The van der Waals surface area contributed by atoms with Crippen molar-refractivity contribution in [2.24, 2.45) is 0 Å². The van der Waals surface area contributed by atoms with Crippen molar-refractivity contribution in [1.82, 2.24) is 0 Å². The fraction of sp³-hybridized carbons (Fsp3) is 0.296. The van der Waals surface area contributed by atoms with Crippen molar-refractivity contribution in [3.05, 3.63) is 91.0 Å². The van der Waals surface area contributed by atoms with Gasteiger partial charge in [-0.05, 0) is 55.7 Å². The Labute approximate surface area is 181 Å². The molecule has 0 saturated carbocycles. The molecule has 3 aromatic rings. The Morgan fingerprint density at radius 2 is 1.03 bits per heavy atom. The van der Waals surface area contributed by atoms with E-state index < -0.39 is 7.26 Å². The molecule has 30 heavy (non-hydrogen) atoms. The Balaban J connectivity index is 1.80. The zero-order chi connectivity index (χ0) is 21.1. The van der Waals surface area contributed by atoms with Crippen molar-refractivity contribution in [3.8, 4) is 0 Å². The van der Waals surface area contributed by atoms with Crippen LogP contribution in [-0.2, 0) is 9.53 Å². The van der Waals surface area contributed by atoms with Gasteiger partial charge in [-0.1, -0.05) is 67.4 Å². The van der Waals surface area contributed by atoms with Crippen LogP contribution in [0, 0.1) is 0 Å². The molecule has 0 amide bonds. The van der Waals surface area contributed by atoms with Crippen molar-refractivity contribution in [1.29, 1.82) is 0 Å². The zero-order valence-corrected chi connectivity index (χ0v) is 18.8. The number of hydrogen-bond donors (Lipinski definition) is 0. The summed E-state index contributed by atoms with van der Waals surface area (Å²) in [6, 6.07) is 33.2. The number of ether oxygens (including phenoxy) is 1. The molecule has 3 rings (SSSR count). The summed E-state index contributed by atoms with van der Waals surface area (Å²) in [5, 5.41) is 4.36. The lowest BCUT2D eigenvalue weighted by Gasteiger charge is -2.27. The summed E-state index contributed by atoms with van der Waals surface area (Å²) >= 11 is 0. The predicted octanol–water partition coefficient (Wildman–Crippen LogP) is 5.49. The van der Waals surface area contributed by atoms with Gasteiger partial charge < -0.3 is 4.74 Å². The van der Waals surface area contributed by atoms with Crippen LogP contribution >= 0.6 is 7.26 Å². The molecule has 0 aliphatic rings. The van der Waals surface area contributed by atoms with Crippen molar-refractivity contribution < 1.29 is 9.53 Å². The van der Waals surface area contributed by atoms with Gasteiger partial charge >= 0.3 is 5.97 Å². The molecule has 0 heterocycles. The number of unbranched alkanes of at least 4 members (excludes halogenated alkanes) is 4. The molecular formula is C27H32O2P+. The average molecular weight is 420 g/mol. The van der Waals surface area contributed by atoms with Gasteiger partial charge in [0.2, 0.25) is 0 Å². The lowest BCUT2D eigenvalue weighted by atomic mass is 10.1. The maximum absolute atomic E-state index is 11.3. The van der Waals surface area contributed by atoms with E-state index in [1.807, 2.05) is 0 Å². The molecule has 3 aromatic carbocycles. The number of benzene rings is 3. The summed E-state index contributed by atoms with van der Waals surface area (Å²) in [6.45, 7) is 0. The number of carbonyl (C=O) groups is 1. The molecule has 0 aliphatic heterocycles. The summed E-state index contributed by atoms with van der Waals surface area (Å²) in [5.41, 5.74) is 0. The molecule has 0 radical (unpaired) electrons. The second-order valence-corrected chi connectivity index (χ2v) is 11.2. The molecule has 2 nitrogen and oxygen atoms in total. The molecule has 0 atom stereocenters. The smallest absolute Gasteiger partial charge is 0.305 e. The minimum absolute atomic E-state index is 0.0998. The summed E-state index contributed by atoms with van der Waals surface area (Å²) < 4.78 is 4.74. The second-order valence-electron chi connectivity index (χ2n) is 7.63. The fourth-order valence-corrected chi connectivity index (χ4v) is 8.54. The summed E-state index contributed by atoms with van der Waals surface area (Å²) in [4.78, 5) is 11.3. The molecule has 0 spiro atoms. The van der Waals surface area contributed by atoms with E-state index in [9.17, 15) is 4.79 Å². The SMILES string of the molecule is COC(=O)CCCCCCC[P+](c1ccccc1)(c1ccccc1)c1ccccc1. The summed E-state index contributed by atoms with van der Waals surface area (Å²) in [7, 11) is -0.243. The summed E-state index contributed by atoms with van der Waals surface area (Å²) in [6.07, 6.45) is 7.24. The topological polar surface area (TPSA) is 26.3 Å². The van der Waals surface area contributed by atoms with Crippen LogP contribution in [0.3, 0.4) is 0 Å². The quantitative estimate of drug-likeness (QED) is 0.233. The standard InChI is InChI=1S/C27H32O2P/c1-29-27(28)22-14-3-2-4-15-23-30(24-16-8-5-9-17-24,25-18-10-6-11-19-25)26-20-12-7-13-21-26/h5-13,16-21H,2-4,14-15,22-23H2,1H3/q+1. The first kappa shape index (κ1) is 22.2. The molecule has 0 N–H and O–H groups in total. The van der Waals surface area contributed by atoms with E-state index in [-0.39, 0.29) is 5.97 Å². The monoisotopic (exact) mass is 419 g/mol. The number of methoxy groups -OCH3 is 1. The third kappa shape index (κ3) is 5.58. The molecule has 0 aliphatic carbocycles. The highest BCUT2D eigenvalue weighted by Gasteiger charge is 2.44. The Morgan fingerprint density at radius 1 is 0.633 bits per heavy atom. The molecule has 156 valence electrons. The van der Waals surface area contributed by atoms with Gasteiger partial charge in [0.25, 0.3) is 0 Å². The average Bonchev–Trinajstić information content (AvgIpc) is 2.82. The zero-order valence-electron chi connectivity index (χ0n) is 17.9. The number of carbonyl (C=O) groups excluding carboxylic acids is 1. The Morgan fingerprint density at radius 3 is 1.47 bits per heavy atom. The van der Waals surface area contributed by atoms with E-state index in [0.29, 0.717) is 6.42 Å².